The second-order valence-electron chi connectivity index (χ2n) is 8.58. The first kappa shape index (κ1) is 22.3. The van der Waals surface area contributed by atoms with Crippen LogP contribution in [0.2, 0.25) is 0 Å². The molecule has 9 heteroatoms. The van der Waals surface area contributed by atoms with Crippen LogP contribution in [0.15, 0.2) is 28.2 Å². The van der Waals surface area contributed by atoms with Gasteiger partial charge in [-0.1, -0.05) is 24.6 Å². The van der Waals surface area contributed by atoms with E-state index in [2.05, 4.69) is 5.32 Å². The average molecular weight is 486 g/mol. The Balaban J connectivity index is 1.42. The molecule has 1 N–H and O–H groups in total. The number of benzene rings is 1. The number of carbonyl (C=O) groups is 1. The Labute approximate surface area is 200 Å². The van der Waals surface area contributed by atoms with Gasteiger partial charge in [0.05, 0.1) is 10.6 Å². The first-order valence-electron chi connectivity index (χ1n) is 11.3. The maximum absolute atomic E-state index is 13.5. The van der Waals surface area contributed by atoms with E-state index >= 15 is 0 Å². The summed E-state index contributed by atoms with van der Waals surface area (Å²) in [4.78, 5) is 33.3. The van der Waals surface area contributed by atoms with E-state index < -0.39 is 5.25 Å². The first-order chi connectivity index (χ1) is 15.9. The summed E-state index contributed by atoms with van der Waals surface area (Å²) in [5.41, 5.74) is 1.69. The quantitative estimate of drug-likeness (QED) is 0.401. The Morgan fingerprint density at radius 2 is 1.94 bits per heavy atom. The molecule has 1 atom stereocenters. The van der Waals surface area contributed by atoms with Crippen molar-refractivity contribution in [3.8, 4) is 11.5 Å². The Kier molecular flexibility index (Phi) is 6.09. The predicted molar refractivity (Wildman–Crippen MR) is 132 cm³/mol. The third-order valence-corrected chi connectivity index (χ3v) is 8.52. The number of ether oxygens (including phenoxy) is 2. The molecular formula is C24H27N3O4S2. The SMILES string of the molecule is Cc1sc2nc(SC(C)C(=O)Nc3ccc4c(c3)OCCO4)n(C3CCCC3)c(=O)c2c1C. The number of nitrogens with zero attached hydrogens (tertiary/aromatic N) is 2. The number of aromatic nitrogens is 2. The summed E-state index contributed by atoms with van der Waals surface area (Å²) in [5.74, 6) is 1.16. The smallest absolute Gasteiger partial charge is 0.263 e. The Bertz CT molecular complexity index is 1280. The minimum absolute atomic E-state index is 0.0238. The minimum Gasteiger partial charge on any atom is -0.486 e. The fourth-order valence-electron chi connectivity index (χ4n) is 4.43. The molecule has 2 aromatic heterocycles. The number of thiophene rings is 1. The second-order valence-corrected chi connectivity index (χ2v) is 11.1. The van der Waals surface area contributed by atoms with Crippen LogP contribution in [0, 0.1) is 13.8 Å². The molecule has 0 saturated heterocycles. The highest BCUT2D eigenvalue weighted by Gasteiger charge is 2.27. The van der Waals surface area contributed by atoms with Crippen LogP contribution in [0.4, 0.5) is 5.69 Å². The van der Waals surface area contributed by atoms with Crippen LogP contribution >= 0.6 is 23.1 Å². The van der Waals surface area contributed by atoms with Crippen LogP contribution < -0.4 is 20.3 Å². The van der Waals surface area contributed by atoms with Crippen LogP contribution in [0.3, 0.4) is 0 Å². The molecule has 7 nitrogen and oxygen atoms in total. The van der Waals surface area contributed by atoms with Crippen molar-refractivity contribution < 1.29 is 14.3 Å². The van der Waals surface area contributed by atoms with E-state index in [1.54, 1.807) is 29.5 Å². The van der Waals surface area contributed by atoms with Crippen molar-refractivity contribution in [2.45, 2.75) is 62.9 Å². The molecule has 1 amide bonds. The molecule has 1 unspecified atom stereocenters. The highest BCUT2D eigenvalue weighted by Crippen LogP contribution is 2.36. The van der Waals surface area contributed by atoms with Crippen molar-refractivity contribution in [3.63, 3.8) is 0 Å². The largest absolute Gasteiger partial charge is 0.486 e. The van der Waals surface area contributed by atoms with Gasteiger partial charge in [0, 0.05) is 22.7 Å². The fraction of sp³-hybridized carbons (Fsp3) is 0.458. The maximum atomic E-state index is 13.5. The van der Waals surface area contributed by atoms with Crippen LogP contribution in [0.5, 0.6) is 11.5 Å². The molecule has 33 heavy (non-hydrogen) atoms. The van der Waals surface area contributed by atoms with Crippen LogP contribution in [0.25, 0.3) is 10.2 Å². The summed E-state index contributed by atoms with van der Waals surface area (Å²) in [7, 11) is 0. The molecule has 1 aliphatic heterocycles. The number of carbonyl (C=O) groups excluding carboxylic acids is 1. The zero-order valence-electron chi connectivity index (χ0n) is 19.0. The van der Waals surface area contributed by atoms with Gasteiger partial charge in [-0.05, 0) is 51.3 Å². The lowest BCUT2D eigenvalue weighted by molar-refractivity contribution is -0.115. The lowest BCUT2D eigenvalue weighted by Gasteiger charge is -2.21. The third kappa shape index (κ3) is 4.24. The van der Waals surface area contributed by atoms with Gasteiger partial charge in [0.1, 0.15) is 18.0 Å². The number of hydrogen-bond acceptors (Lipinski definition) is 7. The van der Waals surface area contributed by atoms with Gasteiger partial charge in [0.2, 0.25) is 5.91 Å². The highest BCUT2D eigenvalue weighted by atomic mass is 32.2. The summed E-state index contributed by atoms with van der Waals surface area (Å²) in [5, 5.41) is 3.88. The molecular weight excluding hydrogens is 458 g/mol. The minimum atomic E-state index is -0.433. The van der Waals surface area contributed by atoms with Gasteiger partial charge >= 0.3 is 0 Å². The second kappa shape index (κ2) is 9.02. The Morgan fingerprint density at radius 3 is 2.70 bits per heavy atom. The average Bonchev–Trinajstić information content (AvgIpc) is 3.42. The standard InChI is InChI=1S/C24H27N3O4S2/c1-13-14(2)32-22-20(13)23(29)27(17-6-4-5-7-17)24(26-22)33-15(3)21(28)25-16-8-9-18-19(12-16)31-11-10-30-18/h8-9,12,15,17H,4-7,10-11H2,1-3H3,(H,25,28). The summed E-state index contributed by atoms with van der Waals surface area (Å²) in [6.45, 7) is 6.88. The first-order valence-corrected chi connectivity index (χ1v) is 13.0. The van der Waals surface area contributed by atoms with E-state index in [1.807, 2.05) is 25.3 Å². The van der Waals surface area contributed by atoms with E-state index in [0.29, 0.717) is 35.6 Å². The third-order valence-electron chi connectivity index (χ3n) is 6.35. The predicted octanol–water partition coefficient (Wildman–Crippen LogP) is 5.08. The number of fused-ring (bicyclic) bond motifs is 2. The summed E-state index contributed by atoms with van der Waals surface area (Å²) in [6, 6.07) is 5.53. The van der Waals surface area contributed by atoms with E-state index in [4.69, 9.17) is 14.5 Å². The molecule has 0 spiro atoms. The number of rotatable bonds is 5. The molecule has 1 aromatic carbocycles. The lowest BCUT2D eigenvalue weighted by Crippen LogP contribution is -2.29. The summed E-state index contributed by atoms with van der Waals surface area (Å²) < 4.78 is 13.0. The molecule has 1 aliphatic carbocycles. The van der Waals surface area contributed by atoms with Gasteiger partial charge < -0.3 is 14.8 Å². The molecule has 2 aliphatic rings. The van der Waals surface area contributed by atoms with Gasteiger partial charge in [-0.3, -0.25) is 14.2 Å². The Morgan fingerprint density at radius 1 is 1.21 bits per heavy atom. The van der Waals surface area contributed by atoms with E-state index in [1.165, 1.54) is 11.8 Å². The molecule has 0 bridgehead atoms. The summed E-state index contributed by atoms with van der Waals surface area (Å²) >= 11 is 2.89. The van der Waals surface area contributed by atoms with Crippen molar-refractivity contribution in [2.75, 3.05) is 18.5 Å². The molecule has 5 rings (SSSR count). The summed E-state index contributed by atoms with van der Waals surface area (Å²) in [6.07, 6.45) is 4.17. The van der Waals surface area contributed by atoms with E-state index in [0.717, 1.165) is 46.3 Å². The van der Waals surface area contributed by atoms with Crippen molar-refractivity contribution in [1.29, 1.82) is 0 Å². The van der Waals surface area contributed by atoms with Crippen molar-refractivity contribution in [3.05, 3.63) is 39.0 Å². The maximum Gasteiger partial charge on any atom is 0.263 e. The number of aryl methyl sites for hydroxylation is 2. The van der Waals surface area contributed by atoms with E-state index in [-0.39, 0.29) is 17.5 Å². The monoisotopic (exact) mass is 485 g/mol. The number of anilines is 1. The molecule has 1 fully saturated rings. The molecule has 3 aromatic rings. The van der Waals surface area contributed by atoms with Crippen molar-refractivity contribution >= 4 is 44.9 Å². The zero-order chi connectivity index (χ0) is 23.1. The van der Waals surface area contributed by atoms with Gasteiger partial charge in [0.15, 0.2) is 16.7 Å². The number of amides is 1. The number of hydrogen-bond donors (Lipinski definition) is 1. The topological polar surface area (TPSA) is 82.4 Å². The normalized spacial score (nSPS) is 16.8. The van der Waals surface area contributed by atoms with Gasteiger partial charge in [0.25, 0.3) is 5.56 Å². The van der Waals surface area contributed by atoms with Gasteiger partial charge in [-0.2, -0.15) is 0 Å². The number of thioether (sulfide) groups is 1. The van der Waals surface area contributed by atoms with E-state index in [9.17, 15) is 9.59 Å². The van der Waals surface area contributed by atoms with Crippen LogP contribution in [-0.2, 0) is 4.79 Å². The van der Waals surface area contributed by atoms with Gasteiger partial charge in [-0.25, -0.2) is 4.98 Å². The van der Waals surface area contributed by atoms with Crippen molar-refractivity contribution in [2.24, 2.45) is 0 Å². The Hall–Kier alpha value is -2.52. The number of nitrogens with one attached hydrogen (secondary N) is 1. The van der Waals surface area contributed by atoms with Crippen LogP contribution in [0.1, 0.15) is 49.1 Å². The van der Waals surface area contributed by atoms with Crippen LogP contribution in [-0.4, -0.2) is 33.9 Å². The van der Waals surface area contributed by atoms with Crippen molar-refractivity contribution in [1.82, 2.24) is 9.55 Å². The molecule has 174 valence electrons. The zero-order valence-corrected chi connectivity index (χ0v) is 20.6. The molecule has 3 heterocycles. The molecule has 0 radical (unpaired) electrons. The van der Waals surface area contributed by atoms with Gasteiger partial charge in [-0.15, -0.1) is 11.3 Å². The lowest BCUT2D eigenvalue weighted by atomic mass is 10.2. The molecule has 1 saturated carbocycles. The fourth-order valence-corrected chi connectivity index (χ4v) is 6.48. The highest BCUT2D eigenvalue weighted by molar-refractivity contribution is 8.00.